The van der Waals surface area contributed by atoms with Crippen molar-refractivity contribution in [2.24, 2.45) is 7.05 Å². The summed E-state index contributed by atoms with van der Waals surface area (Å²) in [5.74, 6) is 0.922. The maximum atomic E-state index is 11.3. The molecule has 1 aromatic heterocycles. The first kappa shape index (κ1) is 11.7. The van der Waals surface area contributed by atoms with E-state index in [1.807, 2.05) is 29.1 Å². The van der Waals surface area contributed by atoms with Crippen LogP contribution in [0.25, 0.3) is 0 Å². The van der Waals surface area contributed by atoms with Gasteiger partial charge in [0.1, 0.15) is 11.9 Å². The molecule has 0 bridgehead atoms. The zero-order chi connectivity index (χ0) is 11.5. The van der Waals surface area contributed by atoms with Crippen LogP contribution in [-0.4, -0.2) is 11.2 Å². The van der Waals surface area contributed by atoms with Crippen LogP contribution in [0.1, 0.15) is 18.1 Å². The van der Waals surface area contributed by atoms with Crippen molar-refractivity contribution in [1.29, 1.82) is 0 Å². The number of nitrogens with zero attached hydrogens (tertiary/aromatic N) is 1. The summed E-state index contributed by atoms with van der Waals surface area (Å²) in [5.41, 5.74) is 0.946. The van der Waals surface area contributed by atoms with Gasteiger partial charge >= 0.3 is 0 Å². The van der Waals surface area contributed by atoms with Gasteiger partial charge in [-0.05, 0) is 12.1 Å². The van der Waals surface area contributed by atoms with Gasteiger partial charge in [-0.3, -0.25) is 4.79 Å². The summed E-state index contributed by atoms with van der Waals surface area (Å²) in [5, 5.41) is 0. The number of aryl methyl sites for hydroxylation is 1. The molecule has 0 radical (unpaired) electrons. The van der Waals surface area contributed by atoms with Crippen molar-refractivity contribution in [1.82, 2.24) is 4.57 Å². The molecule has 0 saturated carbocycles. The molecule has 2 rings (SSSR count). The Bertz CT molecular complexity index is 467. The van der Waals surface area contributed by atoms with E-state index in [0.29, 0.717) is 6.61 Å². The molecular weight excluding hydrogens is 321 g/mol. The van der Waals surface area contributed by atoms with Gasteiger partial charge in [0.15, 0.2) is 23.0 Å². The van der Waals surface area contributed by atoms with Crippen LogP contribution in [0, 0.1) is 0 Å². The summed E-state index contributed by atoms with van der Waals surface area (Å²) in [6.45, 7) is 0.641. The molecule has 1 aliphatic rings. The third kappa shape index (κ3) is 2.46. The fraction of sp³-hybridized carbons (Fsp3) is 0.364. The molecule has 0 aromatic carbocycles. The molecule has 0 N–H and O–H groups in total. The molecule has 0 spiro atoms. The molecule has 0 fully saturated rings. The summed E-state index contributed by atoms with van der Waals surface area (Å²) in [7, 11) is 1.73. The van der Waals surface area contributed by atoms with Gasteiger partial charge in [-0.15, -0.1) is 0 Å². The van der Waals surface area contributed by atoms with E-state index in [1.54, 1.807) is 29.9 Å². The Kier molecular flexibility index (Phi) is 3.65. The van der Waals surface area contributed by atoms with Gasteiger partial charge in [0.05, 0.1) is 6.61 Å². The van der Waals surface area contributed by atoms with Crippen molar-refractivity contribution in [3.8, 4) is 0 Å². The highest BCUT2D eigenvalue weighted by molar-refractivity contribution is 14.1. The fourth-order valence-electron chi connectivity index (χ4n) is 1.63. The van der Waals surface area contributed by atoms with Gasteiger partial charge in [-0.2, -0.15) is 0 Å². The second kappa shape index (κ2) is 5.01. The van der Waals surface area contributed by atoms with E-state index in [9.17, 15) is 4.79 Å². The van der Waals surface area contributed by atoms with Crippen LogP contribution >= 0.6 is 23.0 Å². The Morgan fingerprint density at radius 3 is 3.06 bits per heavy atom. The normalized spacial score (nSPS) is 20.4. The highest BCUT2D eigenvalue weighted by Crippen LogP contribution is 2.26. The number of hydrogen-bond acceptors (Lipinski definition) is 3. The van der Waals surface area contributed by atoms with Crippen molar-refractivity contribution < 1.29 is 7.80 Å². The van der Waals surface area contributed by atoms with Gasteiger partial charge < -0.3 is 12.4 Å². The number of pyridine rings is 1. The molecular formula is C11H12INO3. The largest absolute Gasteiger partial charge is 0.432 e. The molecule has 0 amide bonds. The molecule has 1 atom stereocenters. The molecule has 2 heterocycles. The van der Waals surface area contributed by atoms with Gasteiger partial charge in [0.25, 0.3) is 0 Å². The average molecular weight is 333 g/mol. The number of aromatic nitrogens is 1. The van der Waals surface area contributed by atoms with Crippen LogP contribution in [0.2, 0.25) is 0 Å². The standard InChI is InChI=1S/C11H12INO3/c1-13-7-8(2-3-11(13)14)10-6-9(16-12)4-5-15-10/h2-3,6-7,10H,4-5H2,1H3. The summed E-state index contributed by atoms with van der Waals surface area (Å²) >= 11 is 1.87. The van der Waals surface area contributed by atoms with E-state index in [1.165, 1.54) is 0 Å². The third-order valence-electron chi connectivity index (χ3n) is 2.52. The molecule has 1 aliphatic heterocycles. The number of halogens is 1. The van der Waals surface area contributed by atoms with Crippen LogP contribution in [0.4, 0.5) is 0 Å². The first-order valence-corrected chi connectivity index (χ1v) is 5.86. The van der Waals surface area contributed by atoms with Crippen LogP contribution in [0.15, 0.2) is 35.0 Å². The maximum Gasteiger partial charge on any atom is 0.250 e. The molecule has 16 heavy (non-hydrogen) atoms. The summed E-state index contributed by atoms with van der Waals surface area (Å²) in [4.78, 5) is 11.3. The molecule has 86 valence electrons. The minimum Gasteiger partial charge on any atom is -0.432 e. The van der Waals surface area contributed by atoms with Crippen LogP contribution in [0.3, 0.4) is 0 Å². The lowest BCUT2D eigenvalue weighted by Gasteiger charge is -2.21. The van der Waals surface area contributed by atoms with E-state index < -0.39 is 0 Å². The van der Waals surface area contributed by atoms with Gasteiger partial charge in [0.2, 0.25) is 5.56 Å². The number of rotatable bonds is 2. The fourth-order valence-corrected chi connectivity index (χ4v) is 1.99. The summed E-state index contributed by atoms with van der Waals surface area (Å²) in [6.07, 6.45) is 4.41. The minimum absolute atomic E-state index is 0.0195. The van der Waals surface area contributed by atoms with Crippen LogP contribution < -0.4 is 5.56 Å². The zero-order valence-electron chi connectivity index (χ0n) is 8.85. The van der Waals surface area contributed by atoms with Crippen molar-refractivity contribution in [2.45, 2.75) is 12.5 Å². The van der Waals surface area contributed by atoms with Crippen molar-refractivity contribution >= 4 is 23.0 Å². The van der Waals surface area contributed by atoms with Gasteiger partial charge in [0, 0.05) is 31.3 Å². The molecule has 0 saturated heterocycles. The van der Waals surface area contributed by atoms with Crippen LogP contribution in [0.5, 0.6) is 0 Å². The molecule has 5 heteroatoms. The third-order valence-corrected chi connectivity index (χ3v) is 3.09. The number of hydrogen-bond donors (Lipinski definition) is 0. The first-order valence-electron chi connectivity index (χ1n) is 4.98. The average Bonchev–Trinajstić information content (AvgIpc) is 2.33. The smallest absolute Gasteiger partial charge is 0.250 e. The Labute approximate surface area is 108 Å². The lowest BCUT2D eigenvalue weighted by molar-refractivity contribution is 0.0686. The topological polar surface area (TPSA) is 40.5 Å². The minimum atomic E-state index is -0.120. The van der Waals surface area contributed by atoms with Crippen molar-refractivity contribution in [3.05, 3.63) is 46.1 Å². The molecule has 1 aromatic rings. The SMILES string of the molecule is Cn1cc(C2C=C(OI)CCO2)ccc1=O. The van der Waals surface area contributed by atoms with E-state index >= 15 is 0 Å². The first-order chi connectivity index (χ1) is 7.70. The number of ether oxygens (including phenoxy) is 1. The Morgan fingerprint density at radius 1 is 1.56 bits per heavy atom. The van der Waals surface area contributed by atoms with E-state index in [4.69, 9.17) is 7.80 Å². The molecule has 4 nitrogen and oxygen atoms in total. The predicted octanol–water partition coefficient (Wildman–Crippen LogP) is 2.10. The lowest BCUT2D eigenvalue weighted by Crippen LogP contribution is -2.18. The summed E-state index contributed by atoms with van der Waals surface area (Å²) < 4.78 is 12.3. The van der Waals surface area contributed by atoms with E-state index in [-0.39, 0.29) is 11.7 Å². The van der Waals surface area contributed by atoms with Crippen LogP contribution in [-0.2, 0) is 14.9 Å². The lowest BCUT2D eigenvalue weighted by atomic mass is 10.1. The quantitative estimate of drug-likeness (QED) is 0.779. The van der Waals surface area contributed by atoms with Gasteiger partial charge in [-0.1, -0.05) is 0 Å². The zero-order valence-corrected chi connectivity index (χ0v) is 11.0. The monoisotopic (exact) mass is 333 g/mol. The Balaban J connectivity index is 2.30. The second-order valence-electron chi connectivity index (χ2n) is 3.66. The molecule has 1 unspecified atom stereocenters. The second-order valence-corrected chi connectivity index (χ2v) is 4.10. The van der Waals surface area contributed by atoms with Gasteiger partial charge in [-0.25, -0.2) is 0 Å². The predicted molar refractivity (Wildman–Crippen MR) is 68.2 cm³/mol. The maximum absolute atomic E-state index is 11.3. The highest BCUT2D eigenvalue weighted by Gasteiger charge is 2.17. The van der Waals surface area contributed by atoms with Crippen molar-refractivity contribution in [2.75, 3.05) is 6.61 Å². The van der Waals surface area contributed by atoms with E-state index in [2.05, 4.69) is 0 Å². The Morgan fingerprint density at radius 2 is 2.38 bits per heavy atom. The van der Waals surface area contributed by atoms with E-state index in [0.717, 1.165) is 17.7 Å². The van der Waals surface area contributed by atoms with Crippen molar-refractivity contribution in [3.63, 3.8) is 0 Å². The summed E-state index contributed by atoms with van der Waals surface area (Å²) in [6, 6.07) is 3.34. The highest BCUT2D eigenvalue weighted by atomic mass is 127. The Hall–Kier alpha value is -0.820. The molecule has 0 aliphatic carbocycles.